The SMILES string of the molecule is C[C@H](n1cncn1)[C@](O)(Cn1cncn1)c1ccc(F)cc1F. The smallest absolute Gasteiger partial charge is 0.137 e. The fourth-order valence-corrected chi connectivity index (χ4v) is 2.48. The van der Waals surface area contributed by atoms with Crippen LogP contribution in [-0.4, -0.2) is 34.6 Å². The summed E-state index contributed by atoms with van der Waals surface area (Å²) in [5.41, 5.74) is -1.79. The van der Waals surface area contributed by atoms with Gasteiger partial charge < -0.3 is 5.11 Å². The van der Waals surface area contributed by atoms with Gasteiger partial charge in [-0.1, -0.05) is 6.07 Å². The van der Waals surface area contributed by atoms with Crippen molar-refractivity contribution in [2.45, 2.75) is 25.1 Å². The maximum atomic E-state index is 14.3. The van der Waals surface area contributed by atoms with Crippen LogP contribution in [0.3, 0.4) is 0 Å². The lowest BCUT2D eigenvalue weighted by atomic mass is 9.86. The van der Waals surface area contributed by atoms with Crippen LogP contribution in [0.5, 0.6) is 0 Å². The summed E-state index contributed by atoms with van der Waals surface area (Å²) in [5.74, 6) is -1.57. The molecule has 7 nitrogen and oxygen atoms in total. The van der Waals surface area contributed by atoms with Crippen LogP contribution in [0.1, 0.15) is 18.5 Å². The summed E-state index contributed by atoms with van der Waals surface area (Å²) in [6.07, 6.45) is 5.44. The number of benzene rings is 1. The van der Waals surface area contributed by atoms with Gasteiger partial charge in [0.2, 0.25) is 0 Å². The van der Waals surface area contributed by atoms with E-state index in [1.807, 2.05) is 0 Å². The van der Waals surface area contributed by atoms with Crippen LogP contribution in [0.2, 0.25) is 0 Å². The third kappa shape index (κ3) is 2.82. The standard InChI is InChI=1S/C14H14F2N6O/c1-10(22-9-18-7-20-22)14(23,5-21-8-17-6-19-21)12-3-2-11(15)4-13(12)16/h2-4,6-10,23H,5H2,1H3/t10-,14+/m0/s1. The van der Waals surface area contributed by atoms with Crippen molar-refractivity contribution in [3.05, 3.63) is 60.7 Å². The minimum absolute atomic E-state index is 0.0580. The predicted molar refractivity (Wildman–Crippen MR) is 75.0 cm³/mol. The maximum absolute atomic E-state index is 14.3. The average Bonchev–Trinajstić information content (AvgIpc) is 3.19. The maximum Gasteiger partial charge on any atom is 0.137 e. The fourth-order valence-electron chi connectivity index (χ4n) is 2.48. The lowest BCUT2D eigenvalue weighted by molar-refractivity contribution is -0.0370. The lowest BCUT2D eigenvalue weighted by Crippen LogP contribution is -2.40. The number of aliphatic hydroxyl groups is 1. The second kappa shape index (κ2) is 5.84. The summed E-state index contributed by atoms with van der Waals surface area (Å²) in [4.78, 5) is 7.65. The van der Waals surface area contributed by atoms with Crippen molar-refractivity contribution < 1.29 is 13.9 Å². The molecule has 0 aliphatic rings. The van der Waals surface area contributed by atoms with Gasteiger partial charge in [0.15, 0.2) is 0 Å². The Balaban J connectivity index is 2.08. The molecule has 0 unspecified atom stereocenters. The number of hydrogen-bond donors (Lipinski definition) is 1. The zero-order valence-corrected chi connectivity index (χ0v) is 12.2. The third-order valence-electron chi connectivity index (χ3n) is 3.79. The molecule has 120 valence electrons. The minimum atomic E-state index is -1.74. The topological polar surface area (TPSA) is 81.6 Å². The molecule has 2 aromatic heterocycles. The van der Waals surface area contributed by atoms with E-state index in [0.29, 0.717) is 0 Å². The van der Waals surface area contributed by atoms with Crippen molar-refractivity contribution in [1.29, 1.82) is 0 Å². The first-order valence-corrected chi connectivity index (χ1v) is 6.85. The molecule has 0 spiro atoms. The molecule has 0 bridgehead atoms. The van der Waals surface area contributed by atoms with Gasteiger partial charge in [0.1, 0.15) is 42.5 Å². The normalized spacial score (nSPS) is 15.3. The number of halogens is 2. The highest BCUT2D eigenvalue weighted by Crippen LogP contribution is 2.36. The molecule has 0 radical (unpaired) electrons. The first kappa shape index (κ1) is 15.2. The minimum Gasteiger partial charge on any atom is -0.381 e. The first-order valence-electron chi connectivity index (χ1n) is 6.85. The molecular weight excluding hydrogens is 306 g/mol. The highest BCUT2D eigenvalue weighted by atomic mass is 19.1. The van der Waals surface area contributed by atoms with Crippen LogP contribution >= 0.6 is 0 Å². The molecule has 1 N–H and O–H groups in total. The Morgan fingerprint density at radius 3 is 2.52 bits per heavy atom. The summed E-state index contributed by atoms with van der Waals surface area (Å²) in [5, 5.41) is 19.2. The predicted octanol–water partition coefficient (Wildman–Crippen LogP) is 1.30. The molecule has 0 amide bonds. The van der Waals surface area contributed by atoms with Crippen LogP contribution in [0.25, 0.3) is 0 Å². The Hall–Kier alpha value is -2.68. The number of rotatable bonds is 5. The summed E-state index contributed by atoms with van der Waals surface area (Å²) in [7, 11) is 0. The van der Waals surface area contributed by atoms with Gasteiger partial charge in [-0.2, -0.15) is 10.2 Å². The second-order valence-corrected chi connectivity index (χ2v) is 5.19. The molecular formula is C14H14F2N6O. The van der Waals surface area contributed by atoms with Gasteiger partial charge >= 0.3 is 0 Å². The van der Waals surface area contributed by atoms with E-state index in [2.05, 4.69) is 20.2 Å². The van der Waals surface area contributed by atoms with Crippen LogP contribution in [0.15, 0.2) is 43.5 Å². The number of aromatic nitrogens is 6. The van der Waals surface area contributed by atoms with Crippen molar-refractivity contribution in [3.63, 3.8) is 0 Å². The van der Waals surface area contributed by atoms with Gasteiger partial charge in [-0.15, -0.1) is 0 Å². The number of hydrogen-bond acceptors (Lipinski definition) is 5. The average molecular weight is 320 g/mol. The molecule has 0 fully saturated rings. The van der Waals surface area contributed by atoms with Crippen LogP contribution in [-0.2, 0) is 12.1 Å². The molecule has 3 rings (SSSR count). The van der Waals surface area contributed by atoms with E-state index in [4.69, 9.17) is 0 Å². The Morgan fingerprint density at radius 2 is 1.91 bits per heavy atom. The van der Waals surface area contributed by atoms with Crippen LogP contribution < -0.4 is 0 Å². The Bertz CT molecular complexity index is 777. The van der Waals surface area contributed by atoms with E-state index < -0.39 is 23.3 Å². The summed E-state index contributed by atoms with van der Waals surface area (Å²) >= 11 is 0. The van der Waals surface area contributed by atoms with E-state index in [9.17, 15) is 13.9 Å². The zero-order valence-electron chi connectivity index (χ0n) is 12.2. The first-order chi connectivity index (χ1) is 11.0. The van der Waals surface area contributed by atoms with E-state index in [1.165, 1.54) is 40.7 Å². The van der Waals surface area contributed by atoms with Gasteiger partial charge in [0.05, 0.1) is 12.6 Å². The second-order valence-electron chi connectivity index (χ2n) is 5.19. The largest absolute Gasteiger partial charge is 0.381 e. The molecule has 3 aromatic rings. The zero-order chi connectivity index (χ0) is 16.4. The van der Waals surface area contributed by atoms with Crippen molar-refractivity contribution in [2.75, 3.05) is 0 Å². The number of nitrogens with zero attached hydrogens (tertiary/aromatic N) is 6. The van der Waals surface area contributed by atoms with E-state index >= 15 is 0 Å². The Morgan fingerprint density at radius 1 is 1.17 bits per heavy atom. The van der Waals surface area contributed by atoms with Gasteiger partial charge in [-0.3, -0.25) is 0 Å². The molecule has 1 aromatic carbocycles. The van der Waals surface area contributed by atoms with Gasteiger partial charge in [0, 0.05) is 11.6 Å². The van der Waals surface area contributed by atoms with Crippen LogP contribution in [0, 0.1) is 11.6 Å². The molecule has 2 atom stereocenters. The Kier molecular flexibility index (Phi) is 3.87. The summed E-state index contributed by atoms with van der Waals surface area (Å²) < 4.78 is 30.3. The van der Waals surface area contributed by atoms with Crippen molar-refractivity contribution in [2.24, 2.45) is 0 Å². The highest BCUT2D eigenvalue weighted by molar-refractivity contribution is 5.26. The van der Waals surface area contributed by atoms with E-state index in [1.54, 1.807) is 6.92 Å². The molecule has 2 heterocycles. The summed E-state index contributed by atoms with van der Waals surface area (Å²) in [6, 6.07) is 2.36. The molecule has 0 saturated carbocycles. The van der Waals surface area contributed by atoms with E-state index in [-0.39, 0.29) is 12.1 Å². The molecule has 23 heavy (non-hydrogen) atoms. The molecule has 0 aliphatic carbocycles. The molecule has 9 heteroatoms. The van der Waals surface area contributed by atoms with Crippen molar-refractivity contribution >= 4 is 0 Å². The van der Waals surface area contributed by atoms with E-state index in [0.717, 1.165) is 12.1 Å². The monoisotopic (exact) mass is 320 g/mol. The van der Waals surface area contributed by atoms with Gasteiger partial charge in [-0.25, -0.2) is 28.1 Å². The lowest BCUT2D eigenvalue weighted by Gasteiger charge is -2.34. The van der Waals surface area contributed by atoms with Crippen molar-refractivity contribution in [1.82, 2.24) is 29.5 Å². The quantitative estimate of drug-likeness (QED) is 0.766. The Labute approximate surface area is 130 Å². The van der Waals surface area contributed by atoms with Gasteiger partial charge in [-0.05, 0) is 13.0 Å². The molecule has 0 aliphatic heterocycles. The molecule has 0 saturated heterocycles. The van der Waals surface area contributed by atoms with Crippen molar-refractivity contribution in [3.8, 4) is 0 Å². The van der Waals surface area contributed by atoms with Gasteiger partial charge in [0.25, 0.3) is 0 Å². The fraction of sp³-hybridized carbons (Fsp3) is 0.286. The highest BCUT2D eigenvalue weighted by Gasteiger charge is 2.40. The summed E-state index contributed by atoms with van der Waals surface area (Å²) in [6.45, 7) is 1.57. The van der Waals surface area contributed by atoms with Crippen LogP contribution in [0.4, 0.5) is 8.78 Å². The third-order valence-corrected chi connectivity index (χ3v) is 3.79.